The fourth-order valence-corrected chi connectivity index (χ4v) is 4.35. The molecule has 1 aromatic carbocycles. The molecular weight excluding hydrogens is 378 g/mol. The Morgan fingerprint density at radius 2 is 1.73 bits per heavy atom. The molecule has 8 nitrogen and oxygen atoms in total. The van der Waals surface area contributed by atoms with Gasteiger partial charge in [-0.05, 0) is 43.9 Å². The first-order valence-corrected chi connectivity index (χ1v) is 10.6. The van der Waals surface area contributed by atoms with Crippen LogP contribution < -0.4 is 9.80 Å². The highest BCUT2D eigenvalue weighted by molar-refractivity contribution is 5.97. The number of aromatic amines is 1. The summed E-state index contributed by atoms with van der Waals surface area (Å²) in [5.74, 6) is 2.03. The first kappa shape index (κ1) is 18.8. The van der Waals surface area contributed by atoms with Crippen LogP contribution in [-0.2, 0) is 0 Å². The van der Waals surface area contributed by atoms with Crippen molar-refractivity contribution in [3.05, 3.63) is 42.5 Å². The van der Waals surface area contributed by atoms with Crippen LogP contribution in [0, 0.1) is 0 Å². The summed E-state index contributed by atoms with van der Waals surface area (Å²) in [5, 5.41) is 0. The second-order valence-electron chi connectivity index (χ2n) is 8.43. The number of hydrogen-bond acceptors (Lipinski definition) is 6. The zero-order valence-corrected chi connectivity index (χ0v) is 17.5. The van der Waals surface area contributed by atoms with E-state index in [1.54, 1.807) is 12.7 Å². The van der Waals surface area contributed by atoms with E-state index in [0.717, 1.165) is 54.2 Å². The molecule has 1 N–H and O–H groups in total. The lowest BCUT2D eigenvalue weighted by molar-refractivity contribution is 0.0712. The maximum atomic E-state index is 13.0. The van der Waals surface area contributed by atoms with Gasteiger partial charge in [0.1, 0.15) is 18.0 Å². The van der Waals surface area contributed by atoms with Gasteiger partial charge in [-0.3, -0.25) is 4.79 Å². The Hall–Kier alpha value is -3.16. The molecule has 1 aliphatic carbocycles. The third kappa shape index (κ3) is 3.58. The number of imidazole rings is 1. The molecule has 2 aliphatic rings. The van der Waals surface area contributed by atoms with Crippen LogP contribution in [0.25, 0.3) is 11.0 Å². The van der Waals surface area contributed by atoms with Crippen LogP contribution in [0.1, 0.15) is 36.0 Å². The quantitative estimate of drug-likeness (QED) is 0.703. The van der Waals surface area contributed by atoms with Crippen LogP contribution in [0.4, 0.5) is 11.6 Å². The molecule has 0 radical (unpaired) electrons. The molecule has 0 bridgehead atoms. The molecule has 3 heterocycles. The van der Waals surface area contributed by atoms with E-state index in [2.05, 4.69) is 30.9 Å². The number of nitrogens with zero attached hydrogens (tertiary/aromatic N) is 6. The first-order valence-electron chi connectivity index (χ1n) is 10.6. The summed E-state index contributed by atoms with van der Waals surface area (Å²) in [7, 11) is 4.00. The van der Waals surface area contributed by atoms with E-state index >= 15 is 0 Å². The maximum absolute atomic E-state index is 13.0. The number of hydrogen-bond donors (Lipinski definition) is 1. The topological polar surface area (TPSA) is 81.2 Å². The van der Waals surface area contributed by atoms with Crippen molar-refractivity contribution in [2.45, 2.75) is 37.8 Å². The normalized spacial score (nSPS) is 17.3. The van der Waals surface area contributed by atoms with Crippen LogP contribution in [-0.4, -0.2) is 70.0 Å². The zero-order valence-electron chi connectivity index (χ0n) is 17.5. The van der Waals surface area contributed by atoms with Crippen molar-refractivity contribution < 1.29 is 4.79 Å². The third-order valence-electron chi connectivity index (χ3n) is 6.11. The lowest BCUT2D eigenvalue weighted by Crippen LogP contribution is -2.48. The van der Waals surface area contributed by atoms with E-state index in [1.807, 2.05) is 42.1 Å². The highest BCUT2D eigenvalue weighted by Gasteiger charge is 2.37. The standard InChI is InChI=1S/C22H27N7O/c1-27(2)20-12-21(26-14-25-20)29(16-4-5-16)17-7-9-28(10-8-17)22(30)15-3-6-18-19(11-15)24-13-23-18/h3,6,11-14,16-17H,4-5,7-10H2,1-2H3,(H,23,24). The third-order valence-corrected chi connectivity index (χ3v) is 6.11. The van der Waals surface area contributed by atoms with Crippen molar-refractivity contribution in [3.8, 4) is 0 Å². The van der Waals surface area contributed by atoms with Crippen molar-refractivity contribution in [1.29, 1.82) is 0 Å². The Balaban J connectivity index is 1.29. The van der Waals surface area contributed by atoms with Crippen molar-refractivity contribution in [3.63, 3.8) is 0 Å². The fourth-order valence-electron chi connectivity index (χ4n) is 4.35. The summed E-state index contributed by atoms with van der Waals surface area (Å²) in [5.41, 5.74) is 2.50. The van der Waals surface area contributed by atoms with Gasteiger partial charge in [0.25, 0.3) is 5.91 Å². The number of amides is 1. The van der Waals surface area contributed by atoms with Gasteiger partial charge in [-0.1, -0.05) is 0 Å². The molecule has 0 atom stereocenters. The fraction of sp³-hybridized carbons (Fsp3) is 0.455. The van der Waals surface area contributed by atoms with Crippen molar-refractivity contribution in [1.82, 2.24) is 24.8 Å². The number of aromatic nitrogens is 4. The van der Waals surface area contributed by atoms with E-state index in [0.29, 0.717) is 12.1 Å². The Kier molecular flexibility index (Phi) is 4.77. The molecule has 1 aliphatic heterocycles. The summed E-state index contributed by atoms with van der Waals surface area (Å²) in [6, 6.07) is 8.72. The highest BCUT2D eigenvalue weighted by Crippen LogP contribution is 2.36. The van der Waals surface area contributed by atoms with E-state index in [-0.39, 0.29) is 5.91 Å². The van der Waals surface area contributed by atoms with Gasteiger partial charge < -0.3 is 19.7 Å². The number of nitrogens with one attached hydrogen (secondary N) is 1. The Morgan fingerprint density at radius 1 is 1.00 bits per heavy atom. The molecule has 1 saturated carbocycles. The maximum Gasteiger partial charge on any atom is 0.253 e. The van der Waals surface area contributed by atoms with Gasteiger partial charge in [0, 0.05) is 50.9 Å². The van der Waals surface area contributed by atoms with Gasteiger partial charge in [0.05, 0.1) is 17.4 Å². The smallest absolute Gasteiger partial charge is 0.253 e. The van der Waals surface area contributed by atoms with Crippen molar-refractivity contribution in [2.24, 2.45) is 0 Å². The van der Waals surface area contributed by atoms with Gasteiger partial charge in [-0.2, -0.15) is 0 Å². The molecule has 2 aromatic heterocycles. The summed E-state index contributed by atoms with van der Waals surface area (Å²) in [4.78, 5) is 35.8. The average Bonchev–Trinajstić information content (AvgIpc) is 3.49. The number of carbonyl (C=O) groups is 1. The molecule has 2 fully saturated rings. The van der Waals surface area contributed by atoms with Gasteiger partial charge in [0.15, 0.2) is 0 Å². The summed E-state index contributed by atoms with van der Waals surface area (Å²) >= 11 is 0. The predicted molar refractivity (Wildman–Crippen MR) is 117 cm³/mol. The lowest BCUT2D eigenvalue weighted by atomic mass is 10.0. The molecule has 30 heavy (non-hydrogen) atoms. The molecule has 0 spiro atoms. The number of benzene rings is 1. The van der Waals surface area contributed by atoms with Gasteiger partial charge in [-0.25, -0.2) is 15.0 Å². The minimum absolute atomic E-state index is 0.0971. The van der Waals surface area contributed by atoms with E-state index in [1.165, 1.54) is 12.8 Å². The minimum atomic E-state index is 0.0971. The molecule has 1 amide bonds. The van der Waals surface area contributed by atoms with Crippen LogP contribution in [0.2, 0.25) is 0 Å². The van der Waals surface area contributed by atoms with Crippen LogP contribution in [0.15, 0.2) is 36.9 Å². The molecule has 5 rings (SSSR count). The largest absolute Gasteiger partial charge is 0.363 e. The average molecular weight is 406 g/mol. The van der Waals surface area contributed by atoms with Gasteiger partial charge in [-0.15, -0.1) is 0 Å². The number of piperidine rings is 1. The Labute approximate surface area is 175 Å². The second-order valence-corrected chi connectivity index (χ2v) is 8.43. The van der Waals surface area contributed by atoms with Crippen molar-refractivity contribution >= 4 is 28.6 Å². The van der Waals surface area contributed by atoms with Crippen LogP contribution in [0.3, 0.4) is 0 Å². The molecule has 0 unspecified atom stereocenters. The van der Waals surface area contributed by atoms with Crippen LogP contribution >= 0.6 is 0 Å². The number of carbonyl (C=O) groups excluding carboxylic acids is 1. The number of H-pyrrole nitrogens is 1. The van der Waals surface area contributed by atoms with E-state index in [9.17, 15) is 4.79 Å². The molecule has 3 aromatic rings. The molecule has 8 heteroatoms. The monoisotopic (exact) mass is 405 g/mol. The highest BCUT2D eigenvalue weighted by atomic mass is 16.2. The Bertz CT molecular complexity index is 1050. The number of fused-ring (bicyclic) bond motifs is 1. The van der Waals surface area contributed by atoms with E-state index < -0.39 is 0 Å². The molecular formula is C22H27N7O. The minimum Gasteiger partial charge on any atom is -0.363 e. The summed E-state index contributed by atoms with van der Waals surface area (Å²) in [6.07, 6.45) is 7.65. The number of likely N-dealkylation sites (tertiary alicyclic amines) is 1. The van der Waals surface area contributed by atoms with E-state index in [4.69, 9.17) is 0 Å². The number of anilines is 2. The summed E-state index contributed by atoms with van der Waals surface area (Å²) < 4.78 is 0. The second kappa shape index (κ2) is 7.59. The van der Waals surface area contributed by atoms with Crippen LogP contribution in [0.5, 0.6) is 0 Å². The zero-order chi connectivity index (χ0) is 20.7. The Morgan fingerprint density at radius 3 is 2.47 bits per heavy atom. The first-order chi connectivity index (χ1) is 14.6. The van der Waals surface area contributed by atoms with Gasteiger partial charge in [0.2, 0.25) is 0 Å². The van der Waals surface area contributed by atoms with Gasteiger partial charge >= 0.3 is 0 Å². The summed E-state index contributed by atoms with van der Waals surface area (Å²) in [6.45, 7) is 1.53. The number of rotatable bonds is 5. The molecule has 156 valence electrons. The lowest BCUT2D eigenvalue weighted by Gasteiger charge is -2.39. The van der Waals surface area contributed by atoms with Crippen molar-refractivity contribution in [2.75, 3.05) is 37.0 Å². The molecule has 1 saturated heterocycles. The SMILES string of the molecule is CN(C)c1cc(N(C2CC2)C2CCN(C(=O)c3ccc4nc[nH]c4c3)CC2)ncn1. The predicted octanol–water partition coefficient (Wildman–Crippen LogP) is 2.69.